The molecule has 0 aromatic heterocycles. The van der Waals surface area contributed by atoms with E-state index in [-0.39, 0.29) is 10.6 Å². The Labute approximate surface area is 102 Å². The van der Waals surface area contributed by atoms with Crippen LogP contribution in [0.15, 0.2) is 0 Å². The summed E-state index contributed by atoms with van der Waals surface area (Å²) in [6, 6.07) is -13.6. The first-order valence-corrected chi connectivity index (χ1v) is 4.15. The number of hydrogen-bond donors (Lipinski definition) is 2. The highest BCUT2D eigenvalue weighted by Crippen LogP contribution is 2.34. The van der Waals surface area contributed by atoms with Crippen LogP contribution in [0.4, 0.5) is 53.1 Å². The number of hydrogen-bond acceptors (Lipinski definition) is 1. The number of rotatable bonds is 2. The molecule has 0 atom stereocenters. The molecule has 2 amide bonds. The Morgan fingerprint density at radius 1 is 0.750 bits per heavy atom. The summed E-state index contributed by atoms with van der Waals surface area (Å²) in [6.07, 6.45) is -18.7. The van der Waals surface area contributed by atoms with Crippen molar-refractivity contribution in [1.82, 2.24) is 10.6 Å². The van der Waals surface area contributed by atoms with E-state index in [1.165, 1.54) is 0 Å². The van der Waals surface area contributed by atoms with Crippen LogP contribution in [0, 0.1) is 0 Å². The Morgan fingerprint density at radius 2 is 1.10 bits per heavy atom. The smallest absolute Gasteiger partial charge is 0.319 e. The maximum Gasteiger partial charge on any atom is 0.475 e. The minimum absolute atomic E-state index is 0.0549. The molecule has 0 aliphatic rings. The summed E-state index contributed by atoms with van der Waals surface area (Å²) in [5.74, 6) is 0. The second kappa shape index (κ2) is 5.12. The molecule has 14 heteroatoms. The molecule has 0 radical (unpaired) electrons. The molecule has 0 fully saturated rings. The van der Waals surface area contributed by atoms with Gasteiger partial charge in [-0.3, -0.25) is 5.32 Å². The zero-order valence-electron chi connectivity index (χ0n) is 8.64. The van der Waals surface area contributed by atoms with Crippen LogP contribution in [0.3, 0.4) is 0 Å². The number of urea groups is 1. The topological polar surface area (TPSA) is 41.1 Å². The molecular weight excluding hydrogens is 325 g/mol. The van der Waals surface area contributed by atoms with Gasteiger partial charge in [0.25, 0.3) is 0 Å². The van der Waals surface area contributed by atoms with Gasteiger partial charge >= 0.3 is 30.6 Å². The van der Waals surface area contributed by atoms with Crippen molar-refractivity contribution >= 4 is 6.03 Å². The van der Waals surface area contributed by atoms with Gasteiger partial charge in [0.2, 0.25) is 6.04 Å². The minimum Gasteiger partial charge on any atom is -0.319 e. The summed E-state index contributed by atoms with van der Waals surface area (Å²) < 4.78 is 130. The molecule has 0 aliphatic heterocycles. The average Bonchev–Trinajstić information content (AvgIpc) is 2.07. The van der Waals surface area contributed by atoms with Crippen molar-refractivity contribution < 1.29 is 53.1 Å². The highest BCUT2D eigenvalue weighted by atomic mass is 19.4. The van der Waals surface area contributed by atoms with Gasteiger partial charge in [-0.05, 0) is 0 Å². The van der Waals surface area contributed by atoms with Crippen LogP contribution in [0.1, 0.15) is 0 Å². The average molecular weight is 328 g/mol. The lowest BCUT2D eigenvalue weighted by molar-refractivity contribution is -0.290. The number of amides is 2. The summed E-state index contributed by atoms with van der Waals surface area (Å²) in [6.45, 7) is 0. The molecule has 3 nitrogen and oxygen atoms in total. The summed E-state index contributed by atoms with van der Waals surface area (Å²) in [7, 11) is 0. The highest BCUT2D eigenvalue weighted by Gasteiger charge is 2.61. The summed E-state index contributed by atoms with van der Waals surface area (Å²) in [5.41, 5.74) is 0. The van der Waals surface area contributed by atoms with Gasteiger partial charge in [-0.25, -0.2) is 4.79 Å². The van der Waals surface area contributed by atoms with Crippen LogP contribution >= 0.6 is 0 Å². The standard InChI is InChI=1S/C6H3F11N2O/c7-3(8,9)1(4(10,11)12)18-2(20)19-6(16,17)5(13,14)15/h1H,(H2,18,19,20). The second-order valence-corrected chi connectivity index (χ2v) is 3.19. The molecule has 0 aromatic carbocycles. The van der Waals surface area contributed by atoms with Crippen LogP contribution in [-0.4, -0.2) is 36.6 Å². The molecule has 0 aromatic rings. The lowest BCUT2D eigenvalue weighted by Crippen LogP contribution is -2.61. The number of alkyl halides is 11. The quantitative estimate of drug-likeness (QED) is 0.594. The van der Waals surface area contributed by atoms with E-state index in [2.05, 4.69) is 0 Å². The lowest BCUT2D eigenvalue weighted by atomic mass is 10.3. The number of carbonyl (C=O) groups is 1. The first kappa shape index (κ1) is 18.5. The summed E-state index contributed by atoms with van der Waals surface area (Å²) >= 11 is 0. The molecule has 0 aliphatic carbocycles. The van der Waals surface area contributed by atoms with Gasteiger partial charge in [-0.15, -0.1) is 0 Å². The van der Waals surface area contributed by atoms with Gasteiger partial charge in [0.15, 0.2) is 0 Å². The number of carbonyl (C=O) groups excluding carboxylic acids is 1. The number of halogens is 11. The fourth-order valence-corrected chi connectivity index (χ4v) is 0.730. The lowest BCUT2D eigenvalue weighted by Gasteiger charge is -2.26. The van der Waals surface area contributed by atoms with Crippen molar-refractivity contribution in [3.8, 4) is 0 Å². The Kier molecular flexibility index (Phi) is 4.74. The van der Waals surface area contributed by atoms with Crippen molar-refractivity contribution in [1.29, 1.82) is 0 Å². The van der Waals surface area contributed by atoms with Crippen molar-refractivity contribution in [2.24, 2.45) is 0 Å². The van der Waals surface area contributed by atoms with Crippen molar-refractivity contribution in [3.63, 3.8) is 0 Å². The van der Waals surface area contributed by atoms with Crippen molar-refractivity contribution in [2.75, 3.05) is 0 Å². The van der Waals surface area contributed by atoms with Gasteiger partial charge in [-0.1, -0.05) is 0 Å². The maximum absolute atomic E-state index is 12.2. The van der Waals surface area contributed by atoms with E-state index in [0.29, 0.717) is 0 Å². The van der Waals surface area contributed by atoms with E-state index in [1.54, 1.807) is 0 Å². The second-order valence-electron chi connectivity index (χ2n) is 3.19. The summed E-state index contributed by atoms with van der Waals surface area (Å²) in [4.78, 5) is 10.4. The molecule has 0 bridgehead atoms. The van der Waals surface area contributed by atoms with Gasteiger partial charge in [0, 0.05) is 0 Å². The van der Waals surface area contributed by atoms with E-state index in [0.717, 1.165) is 0 Å². The first-order chi connectivity index (χ1) is 8.48. The normalized spacial score (nSPS) is 14.4. The zero-order chi connectivity index (χ0) is 16.6. The Morgan fingerprint density at radius 3 is 1.35 bits per heavy atom. The molecule has 0 saturated carbocycles. The molecule has 0 rings (SSSR count). The Hall–Kier alpha value is -1.50. The van der Waals surface area contributed by atoms with Crippen LogP contribution in [0.25, 0.3) is 0 Å². The molecule has 2 N–H and O–H groups in total. The number of nitrogens with one attached hydrogen (secondary N) is 2. The monoisotopic (exact) mass is 328 g/mol. The third-order valence-electron chi connectivity index (χ3n) is 1.56. The van der Waals surface area contributed by atoms with Crippen LogP contribution < -0.4 is 10.6 Å². The Bertz CT molecular complexity index is 339. The van der Waals surface area contributed by atoms with Crippen molar-refractivity contribution in [2.45, 2.75) is 30.6 Å². The molecule has 0 spiro atoms. The predicted molar refractivity (Wildman–Crippen MR) is 38.6 cm³/mol. The van der Waals surface area contributed by atoms with Crippen LogP contribution in [-0.2, 0) is 0 Å². The zero-order valence-corrected chi connectivity index (χ0v) is 8.64. The highest BCUT2D eigenvalue weighted by molar-refractivity contribution is 5.75. The van der Waals surface area contributed by atoms with Gasteiger partial charge in [0.05, 0.1) is 0 Å². The van der Waals surface area contributed by atoms with E-state index in [9.17, 15) is 53.1 Å². The minimum atomic E-state index is -6.39. The summed E-state index contributed by atoms with van der Waals surface area (Å²) in [5, 5.41) is -0.392. The SMILES string of the molecule is O=C(NC(C(F)(F)F)C(F)(F)F)NC(F)(F)C(F)(F)F. The van der Waals surface area contributed by atoms with E-state index in [4.69, 9.17) is 0 Å². The van der Waals surface area contributed by atoms with E-state index in [1.807, 2.05) is 0 Å². The van der Waals surface area contributed by atoms with E-state index >= 15 is 0 Å². The molecule has 20 heavy (non-hydrogen) atoms. The van der Waals surface area contributed by atoms with Crippen LogP contribution in [0.2, 0.25) is 0 Å². The van der Waals surface area contributed by atoms with Gasteiger partial charge in [0.1, 0.15) is 0 Å². The predicted octanol–water partition coefficient (Wildman–Crippen LogP) is 2.93. The van der Waals surface area contributed by atoms with Crippen molar-refractivity contribution in [3.05, 3.63) is 0 Å². The molecular formula is C6H3F11N2O. The van der Waals surface area contributed by atoms with E-state index < -0.39 is 36.6 Å². The van der Waals surface area contributed by atoms with Crippen LogP contribution in [0.5, 0.6) is 0 Å². The molecule has 0 heterocycles. The first-order valence-electron chi connectivity index (χ1n) is 4.15. The van der Waals surface area contributed by atoms with Gasteiger partial charge in [-0.2, -0.15) is 48.3 Å². The Balaban J connectivity index is 4.99. The third-order valence-corrected chi connectivity index (χ3v) is 1.56. The fourth-order valence-electron chi connectivity index (χ4n) is 0.730. The largest absolute Gasteiger partial charge is 0.475 e. The molecule has 0 unspecified atom stereocenters. The third kappa shape index (κ3) is 4.88. The molecule has 0 saturated heterocycles. The molecule has 120 valence electrons. The van der Waals surface area contributed by atoms with Gasteiger partial charge < -0.3 is 5.32 Å². The maximum atomic E-state index is 12.2. The fraction of sp³-hybridized carbons (Fsp3) is 0.833.